The quantitative estimate of drug-likeness (QED) is 0.436. The minimum atomic E-state index is -0.536. The summed E-state index contributed by atoms with van der Waals surface area (Å²) in [5.41, 5.74) is 8.27. The first-order valence-corrected chi connectivity index (χ1v) is 10.2. The number of aromatic nitrogens is 6. The summed E-state index contributed by atoms with van der Waals surface area (Å²) in [6.07, 6.45) is 2.67. The second-order valence-corrected chi connectivity index (χ2v) is 7.70. The predicted molar refractivity (Wildman–Crippen MR) is 120 cm³/mol. The second kappa shape index (κ2) is 8.03. The van der Waals surface area contributed by atoms with E-state index in [1.807, 2.05) is 0 Å². The Morgan fingerprint density at radius 2 is 1.68 bits per heavy atom. The van der Waals surface area contributed by atoms with Crippen molar-refractivity contribution in [1.29, 1.82) is 0 Å². The Hall–Kier alpha value is -4.67. The van der Waals surface area contributed by atoms with Crippen LogP contribution in [-0.2, 0) is 13.6 Å². The van der Waals surface area contributed by atoms with Crippen LogP contribution in [0.25, 0.3) is 28.0 Å². The average molecular weight is 462 g/mol. The number of halogens is 2. The molecule has 0 saturated heterocycles. The number of aromatic amines is 1. The van der Waals surface area contributed by atoms with E-state index < -0.39 is 17.3 Å². The molecular weight excluding hydrogens is 444 g/mol. The molecule has 0 saturated carbocycles. The van der Waals surface area contributed by atoms with Crippen LogP contribution in [0, 0.1) is 11.6 Å². The largest absolute Gasteiger partial charge is 0.411 e. The van der Waals surface area contributed by atoms with E-state index in [-0.39, 0.29) is 23.7 Å². The zero-order chi connectivity index (χ0) is 24.0. The number of anilines is 1. The van der Waals surface area contributed by atoms with Crippen LogP contribution in [-0.4, -0.2) is 23.7 Å². The van der Waals surface area contributed by atoms with Gasteiger partial charge in [0.25, 0.3) is 0 Å². The number of hydrogen-bond acceptors (Lipinski definition) is 5. The van der Waals surface area contributed by atoms with Gasteiger partial charge in [0.05, 0.1) is 24.0 Å². The molecule has 9 nitrogen and oxygen atoms in total. The van der Waals surface area contributed by atoms with Gasteiger partial charge in [-0.05, 0) is 42.5 Å². The van der Waals surface area contributed by atoms with Crippen molar-refractivity contribution >= 4 is 11.6 Å². The molecule has 0 atom stereocenters. The number of rotatable bonds is 4. The first-order valence-electron chi connectivity index (χ1n) is 10.2. The number of nitrogens with two attached hydrogens (primary N) is 1. The highest BCUT2D eigenvalue weighted by atomic mass is 19.1. The van der Waals surface area contributed by atoms with Gasteiger partial charge in [0.2, 0.25) is 11.2 Å². The minimum absolute atomic E-state index is 0.00575. The Morgan fingerprint density at radius 1 is 0.971 bits per heavy atom. The van der Waals surface area contributed by atoms with Crippen LogP contribution >= 0.6 is 0 Å². The molecule has 4 heterocycles. The van der Waals surface area contributed by atoms with Gasteiger partial charge in [-0.15, -0.1) is 9.50 Å². The molecule has 170 valence electrons. The van der Waals surface area contributed by atoms with Crippen LogP contribution < -0.4 is 22.0 Å². The molecule has 0 fully saturated rings. The van der Waals surface area contributed by atoms with E-state index in [1.165, 1.54) is 44.0 Å². The Bertz CT molecular complexity index is 1650. The number of hydrogen-bond donors (Lipinski definition) is 1. The average Bonchev–Trinajstić information content (AvgIpc) is 3.14. The van der Waals surface area contributed by atoms with E-state index in [9.17, 15) is 18.4 Å². The monoisotopic (exact) mass is 462 g/mol. The van der Waals surface area contributed by atoms with Crippen molar-refractivity contribution in [2.24, 2.45) is 7.05 Å². The third-order valence-corrected chi connectivity index (χ3v) is 5.41. The molecule has 0 aliphatic heterocycles. The zero-order valence-electron chi connectivity index (χ0n) is 17.9. The number of aryl methyl sites for hydroxylation is 1. The van der Waals surface area contributed by atoms with E-state index >= 15 is 0 Å². The molecule has 0 amide bonds. The molecule has 5 rings (SSSR count). The van der Waals surface area contributed by atoms with Crippen LogP contribution in [0.1, 0.15) is 5.69 Å². The number of nitrogens with zero attached hydrogens (tertiary/aromatic N) is 5. The maximum atomic E-state index is 13.6. The normalized spacial score (nSPS) is 11.3. The van der Waals surface area contributed by atoms with Crippen LogP contribution in [0.3, 0.4) is 0 Å². The highest BCUT2D eigenvalue weighted by molar-refractivity contribution is 5.88. The minimum Gasteiger partial charge on any atom is -0.318 e. The molecule has 4 aromatic heterocycles. The van der Waals surface area contributed by atoms with Gasteiger partial charge in [0.1, 0.15) is 17.3 Å². The van der Waals surface area contributed by atoms with E-state index in [4.69, 9.17) is 5.73 Å². The fraction of sp³-hybridized carbons (Fsp3) is 0.0870. The molecule has 0 aliphatic rings. The molecule has 0 spiro atoms. The fourth-order valence-electron chi connectivity index (χ4n) is 3.75. The van der Waals surface area contributed by atoms with Crippen molar-refractivity contribution in [2.45, 2.75) is 6.54 Å². The maximum Gasteiger partial charge on any atom is 0.411 e. The number of pyridine rings is 2. The van der Waals surface area contributed by atoms with Gasteiger partial charge in [-0.3, -0.25) is 15.5 Å². The van der Waals surface area contributed by atoms with Gasteiger partial charge in [-0.2, -0.15) is 4.68 Å². The van der Waals surface area contributed by atoms with Crippen LogP contribution in [0.4, 0.5) is 14.7 Å². The predicted octanol–water partition coefficient (Wildman–Crippen LogP) is 1.65. The van der Waals surface area contributed by atoms with Crippen molar-refractivity contribution in [2.75, 3.05) is 5.73 Å². The Morgan fingerprint density at radius 3 is 2.35 bits per heavy atom. The van der Waals surface area contributed by atoms with Crippen molar-refractivity contribution in [3.05, 3.63) is 99.1 Å². The molecule has 0 radical (unpaired) electrons. The Labute approximate surface area is 190 Å². The number of benzene rings is 1. The number of fused-ring (bicyclic) bond motifs is 1. The van der Waals surface area contributed by atoms with Gasteiger partial charge in [-0.1, -0.05) is 0 Å². The summed E-state index contributed by atoms with van der Waals surface area (Å²) in [6.45, 7) is -0.0150. The van der Waals surface area contributed by atoms with Gasteiger partial charge in [0.15, 0.2) is 0 Å². The van der Waals surface area contributed by atoms with Crippen molar-refractivity contribution in [3.63, 3.8) is 0 Å². The van der Waals surface area contributed by atoms with Crippen molar-refractivity contribution in [1.82, 2.24) is 23.7 Å². The first-order chi connectivity index (χ1) is 16.3. The van der Waals surface area contributed by atoms with Crippen LogP contribution in [0.5, 0.6) is 0 Å². The molecule has 0 aliphatic carbocycles. The topological polar surface area (TPSA) is 114 Å². The summed E-state index contributed by atoms with van der Waals surface area (Å²) >= 11 is 0. The summed E-state index contributed by atoms with van der Waals surface area (Å²) in [6, 6.07) is 11.5. The smallest absolute Gasteiger partial charge is 0.318 e. The lowest BCUT2D eigenvalue weighted by Crippen LogP contribution is -2.28. The van der Waals surface area contributed by atoms with E-state index in [0.717, 1.165) is 6.20 Å². The Balaban J connectivity index is 1.80. The van der Waals surface area contributed by atoms with Gasteiger partial charge >= 0.3 is 11.6 Å². The SMILES string of the molecule is Cn1cc(-c2c(-c3ccc(F)cc3)[nH+]c(N)n3c(=O)n(Cc4ccc(F)cn4)nc23)ccc1=O. The molecular formula is C23H18F2N7O2+. The molecule has 11 heteroatoms. The Kier molecular flexibility index (Phi) is 5.01. The lowest BCUT2D eigenvalue weighted by molar-refractivity contribution is -0.351. The zero-order valence-corrected chi connectivity index (χ0v) is 17.9. The van der Waals surface area contributed by atoms with Crippen LogP contribution in [0.15, 0.2) is 70.5 Å². The number of nitrogens with one attached hydrogen (secondary N) is 1. The summed E-state index contributed by atoms with van der Waals surface area (Å²) in [4.78, 5) is 32.2. The maximum absolute atomic E-state index is 13.6. The van der Waals surface area contributed by atoms with Gasteiger partial charge in [-0.25, -0.2) is 18.6 Å². The third kappa shape index (κ3) is 3.62. The third-order valence-electron chi connectivity index (χ3n) is 5.41. The molecule has 34 heavy (non-hydrogen) atoms. The number of H-pyrrole nitrogens is 1. The second-order valence-electron chi connectivity index (χ2n) is 7.70. The van der Waals surface area contributed by atoms with E-state index in [2.05, 4.69) is 15.1 Å². The van der Waals surface area contributed by atoms with Crippen LogP contribution in [0.2, 0.25) is 0 Å². The lowest BCUT2D eigenvalue weighted by Gasteiger charge is -2.10. The number of nitrogen functional groups attached to an aromatic ring is 1. The summed E-state index contributed by atoms with van der Waals surface area (Å²) < 4.78 is 30.6. The standard InChI is InChI=1S/C23H17F2N7O2/c1-30-11-14(4-9-18(30)33)19-20(13-2-5-15(24)6-3-13)28-22(26)32-21(19)29-31(23(32)34)12-17-8-7-16(25)10-27-17/h2-11H,12H2,1H3,(H2,26,28)/p+1. The summed E-state index contributed by atoms with van der Waals surface area (Å²) in [5, 5.41) is 4.49. The highest BCUT2D eigenvalue weighted by Crippen LogP contribution is 2.31. The molecule has 0 unspecified atom stereocenters. The van der Waals surface area contributed by atoms with E-state index in [0.29, 0.717) is 28.1 Å². The molecule has 3 N–H and O–H groups in total. The van der Waals surface area contributed by atoms with Gasteiger partial charge < -0.3 is 4.57 Å². The molecule has 0 bridgehead atoms. The molecule has 5 aromatic rings. The fourth-order valence-corrected chi connectivity index (χ4v) is 3.75. The van der Waals surface area contributed by atoms with Crippen molar-refractivity contribution in [3.8, 4) is 22.4 Å². The van der Waals surface area contributed by atoms with E-state index in [1.54, 1.807) is 31.4 Å². The molecule has 1 aromatic carbocycles. The summed E-state index contributed by atoms with van der Waals surface area (Å²) in [7, 11) is 1.60. The summed E-state index contributed by atoms with van der Waals surface area (Å²) in [5.74, 6) is -0.897. The first kappa shape index (κ1) is 21.2. The highest BCUT2D eigenvalue weighted by Gasteiger charge is 2.26. The van der Waals surface area contributed by atoms with Gasteiger partial charge in [0, 0.05) is 30.4 Å². The van der Waals surface area contributed by atoms with Crippen molar-refractivity contribution < 1.29 is 13.8 Å². The lowest BCUT2D eigenvalue weighted by atomic mass is 10.0.